The highest BCUT2D eigenvalue weighted by atomic mass is 127. The molecule has 0 aromatic heterocycles. The summed E-state index contributed by atoms with van der Waals surface area (Å²) in [5.74, 6) is 2.82. The summed E-state index contributed by atoms with van der Waals surface area (Å²) in [6.07, 6.45) is 0. The maximum Gasteiger partial charge on any atom is 0.565 e. The second-order valence-electron chi connectivity index (χ2n) is 0.560. The molecule has 0 heterocycles. The zero-order chi connectivity index (χ0) is 4.12. The Morgan fingerprint density at radius 1 is 1.80 bits per heavy atom. The van der Waals surface area contributed by atoms with Crippen molar-refractivity contribution in [3.63, 3.8) is 0 Å². The third kappa shape index (κ3) is 5.06. The summed E-state index contributed by atoms with van der Waals surface area (Å²) < 4.78 is 2.99. The molecule has 0 aromatic rings. The zero-order valence-corrected chi connectivity index (χ0v) is 6.66. The topological polar surface area (TPSA) is 0 Å². The minimum Gasteiger partial charge on any atom is -0.271 e. The van der Waals surface area contributed by atoms with Gasteiger partial charge < -0.3 is 0 Å². The second kappa shape index (κ2) is 5.06. The van der Waals surface area contributed by atoms with Crippen molar-refractivity contribution in [3.05, 3.63) is 0 Å². The first-order valence-electron chi connectivity index (χ1n) is 1.37. The summed E-state index contributed by atoms with van der Waals surface area (Å²) in [4.78, 5) is 0. The van der Waals surface area contributed by atoms with E-state index in [-0.39, 0.29) is 16.5 Å². The first-order valence-corrected chi connectivity index (χ1v) is 7.19. The molecular weight excluding hydrogens is 187 g/mol. The Bertz CT molecular complexity index is 59.0. The first kappa shape index (κ1) is 6.06. The van der Waals surface area contributed by atoms with Crippen molar-refractivity contribution < 1.29 is 0 Å². The molecular formula is C3H3IMg. The van der Waals surface area contributed by atoms with Crippen molar-refractivity contribution in [2.75, 3.05) is 0 Å². The standard InChI is InChI=1S/C3H3.HI.Mg/c1-3-2;;/h1H3;1H;/q;;+1/p-1. The molecule has 0 fully saturated rings. The summed E-state index contributed by atoms with van der Waals surface area (Å²) in [6.45, 7) is 1.88. The second-order valence-corrected chi connectivity index (χ2v) is 3.47. The SMILES string of the molecule is CC#[C][Mg][I]. The van der Waals surface area contributed by atoms with E-state index in [0.717, 1.165) is 0 Å². The van der Waals surface area contributed by atoms with Gasteiger partial charge in [-0.2, -0.15) is 0 Å². The fourth-order valence-electron chi connectivity index (χ4n) is 0.0668. The lowest BCUT2D eigenvalue weighted by Gasteiger charge is -1.51. The lowest BCUT2D eigenvalue weighted by atomic mass is 10.8. The van der Waals surface area contributed by atoms with Crippen molar-refractivity contribution >= 4 is 35.3 Å². The van der Waals surface area contributed by atoms with Gasteiger partial charge >= 0.3 is 16.5 Å². The molecule has 0 nitrogen and oxygen atoms in total. The molecule has 0 unspecified atom stereocenters. The molecule has 0 rings (SSSR count). The molecule has 0 saturated heterocycles. The molecule has 0 spiro atoms. The van der Waals surface area contributed by atoms with Gasteiger partial charge in [0.2, 0.25) is 0 Å². The van der Waals surface area contributed by atoms with Crippen LogP contribution in [0.2, 0.25) is 0 Å². The predicted molar refractivity (Wildman–Crippen MR) is 33.2 cm³/mol. The van der Waals surface area contributed by atoms with Crippen molar-refractivity contribution in [1.82, 2.24) is 0 Å². The van der Waals surface area contributed by atoms with Gasteiger partial charge in [0.25, 0.3) is 0 Å². The fraction of sp³-hybridized carbons (Fsp3) is 0.333. The van der Waals surface area contributed by atoms with Crippen LogP contribution in [0.15, 0.2) is 0 Å². The van der Waals surface area contributed by atoms with E-state index in [4.69, 9.17) is 0 Å². The number of halogens is 1. The van der Waals surface area contributed by atoms with Gasteiger partial charge in [0, 0.05) is 0 Å². The highest BCUT2D eigenvalue weighted by Crippen LogP contribution is 1.66. The zero-order valence-electron chi connectivity index (χ0n) is 3.09. The predicted octanol–water partition coefficient (Wildman–Crippen LogP) is 1.02. The summed E-state index contributed by atoms with van der Waals surface area (Å²) in [5.41, 5.74) is 0. The highest BCUT2D eigenvalue weighted by Gasteiger charge is 1.68. The average molecular weight is 190 g/mol. The highest BCUT2D eigenvalue weighted by molar-refractivity contribution is 14.1. The van der Waals surface area contributed by atoms with E-state index >= 15 is 0 Å². The molecule has 5 heavy (non-hydrogen) atoms. The monoisotopic (exact) mass is 190 g/mol. The van der Waals surface area contributed by atoms with Crippen molar-refractivity contribution in [2.45, 2.75) is 6.92 Å². The summed E-state index contributed by atoms with van der Waals surface area (Å²) in [6, 6.07) is 0. The molecule has 0 bridgehead atoms. The molecule has 0 aliphatic carbocycles. The van der Waals surface area contributed by atoms with E-state index in [0.29, 0.717) is 0 Å². The largest absolute Gasteiger partial charge is 0.565 e. The Morgan fingerprint density at radius 2 is 2.40 bits per heavy atom. The van der Waals surface area contributed by atoms with Crippen LogP contribution in [0.1, 0.15) is 6.92 Å². The third-order valence-corrected chi connectivity index (χ3v) is 1.87. The Kier molecular flexibility index (Phi) is 6.12. The van der Waals surface area contributed by atoms with Crippen LogP contribution >= 0.6 is 18.9 Å². The van der Waals surface area contributed by atoms with Gasteiger partial charge in [-0.05, 0) is 6.92 Å². The van der Waals surface area contributed by atoms with Gasteiger partial charge in [0.05, 0.1) is 0 Å². The summed E-state index contributed by atoms with van der Waals surface area (Å²) in [5, 5.41) is 0. The van der Waals surface area contributed by atoms with E-state index in [9.17, 15) is 0 Å². The summed E-state index contributed by atoms with van der Waals surface area (Å²) in [7, 11) is 0. The maximum atomic E-state index is 2.99. The molecule has 24 valence electrons. The smallest absolute Gasteiger partial charge is 0.271 e. The van der Waals surface area contributed by atoms with Gasteiger partial charge in [0.1, 0.15) is 0 Å². The van der Waals surface area contributed by atoms with Gasteiger partial charge in [-0.1, -0.05) is 0 Å². The van der Waals surface area contributed by atoms with Crippen molar-refractivity contribution in [3.8, 4) is 9.97 Å². The molecule has 0 aliphatic rings. The first-order chi connectivity index (χ1) is 2.41. The van der Waals surface area contributed by atoms with E-state index in [1.165, 1.54) is 0 Å². The fourth-order valence-corrected chi connectivity index (χ4v) is 1.34. The van der Waals surface area contributed by atoms with E-state index < -0.39 is 0 Å². The van der Waals surface area contributed by atoms with E-state index in [1.54, 1.807) is 0 Å². The molecule has 0 saturated carbocycles. The van der Waals surface area contributed by atoms with Gasteiger partial charge in [0.15, 0.2) is 0 Å². The van der Waals surface area contributed by atoms with E-state index in [2.05, 4.69) is 28.8 Å². The van der Waals surface area contributed by atoms with Crippen LogP contribution in [0, 0.1) is 9.97 Å². The van der Waals surface area contributed by atoms with E-state index in [1.807, 2.05) is 6.92 Å². The molecule has 2 heteroatoms. The normalized spacial score (nSPS) is 3.60. The number of rotatable bonds is 0. The molecule has 0 amide bonds. The molecule has 0 aromatic carbocycles. The summed E-state index contributed by atoms with van der Waals surface area (Å²) >= 11 is 2.38. The lowest BCUT2D eigenvalue weighted by Crippen LogP contribution is -1.58. The number of hydrogen-bond donors (Lipinski definition) is 0. The van der Waals surface area contributed by atoms with Crippen LogP contribution in [0.5, 0.6) is 0 Å². The van der Waals surface area contributed by atoms with Crippen molar-refractivity contribution in [2.24, 2.45) is 0 Å². The average Bonchev–Trinajstić information content (AvgIpc) is 1.41. The minimum atomic E-state index is 0.0229. The van der Waals surface area contributed by atoms with Crippen LogP contribution < -0.4 is 0 Å². The van der Waals surface area contributed by atoms with Crippen LogP contribution in [0.3, 0.4) is 0 Å². The Balaban J connectivity index is 2.81. The molecule has 0 N–H and O–H groups in total. The van der Waals surface area contributed by atoms with Crippen LogP contribution in [0.25, 0.3) is 0 Å². The van der Waals surface area contributed by atoms with Gasteiger partial charge in [-0.3, -0.25) is 22.9 Å². The van der Waals surface area contributed by atoms with Gasteiger partial charge in [-0.25, -0.2) is 0 Å². The lowest BCUT2D eigenvalue weighted by molar-refractivity contribution is 1.93. The molecule has 0 radical (unpaired) electrons. The third-order valence-electron chi connectivity index (χ3n) is 0.244. The maximum absolute atomic E-state index is 2.99. The quantitative estimate of drug-likeness (QED) is 0.304. The molecule has 0 atom stereocenters. The number of hydrogen-bond acceptors (Lipinski definition) is 0. The Morgan fingerprint density at radius 3 is 2.40 bits per heavy atom. The Hall–Kier alpha value is 1.06. The molecule has 0 aliphatic heterocycles. The van der Waals surface area contributed by atoms with Crippen LogP contribution in [-0.2, 0) is 0 Å². The van der Waals surface area contributed by atoms with Crippen LogP contribution in [0.4, 0.5) is 0 Å². The Labute approximate surface area is 51.8 Å². The van der Waals surface area contributed by atoms with Crippen molar-refractivity contribution in [1.29, 1.82) is 0 Å². The van der Waals surface area contributed by atoms with Crippen LogP contribution in [-0.4, -0.2) is 16.5 Å². The van der Waals surface area contributed by atoms with Gasteiger partial charge in [-0.15, -0.1) is 5.92 Å². The minimum absolute atomic E-state index is 0.0229.